The molecule has 3 aliphatic rings. The number of nitrogens with one attached hydrogen (secondary N) is 1. The standard InChI is InChI=1S/C16H21FN4O2.C2HF3O2/c17-13-4-18-15(19-5-13)21-6-12-7-23-10-16(12,9-21)8-20-14(22)3-11-1-2-11;3-2(4,5)1(6)7/h4-5,11-12H,1-3,6-10H2,(H,20,22);(H,6,7)/t12-,16+;/m1./s1. The van der Waals surface area contributed by atoms with Gasteiger partial charge in [-0.25, -0.2) is 19.2 Å². The average molecular weight is 434 g/mol. The second-order valence-electron chi connectivity index (χ2n) is 7.88. The molecule has 8 nitrogen and oxygen atoms in total. The lowest BCUT2D eigenvalue weighted by atomic mass is 9.81. The van der Waals surface area contributed by atoms with E-state index >= 15 is 0 Å². The van der Waals surface area contributed by atoms with Gasteiger partial charge in [-0.3, -0.25) is 4.79 Å². The molecule has 12 heteroatoms. The average Bonchev–Trinajstić information content (AvgIpc) is 3.27. The highest BCUT2D eigenvalue weighted by molar-refractivity contribution is 5.76. The first-order chi connectivity index (χ1) is 14.1. The minimum absolute atomic E-state index is 0.0864. The summed E-state index contributed by atoms with van der Waals surface area (Å²) in [4.78, 5) is 31.1. The number of aliphatic carboxylic acids is 1. The molecule has 30 heavy (non-hydrogen) atoms. The summed E-state index contributed by atoms with van der Waals surface area (Å²) >= 11 is 0. The van der Waals surface area contributed by atoms with Crippen molar-refractivity contribution in [1.82, 2.24) is 15.3 Å². The van der Waals surface area contributed by atoms with Crippen molar-refractivity contribution in [2.45, 2.75) is 25.4 Å². The SMILES string of the molecule is O=C(CC1CC1)NC[C@]12COC[C@H]1CN(c1ncc(F)cn1)C2.O=C(O)C(F)(F)F. The maximum atomic E-state index is 13.0. The molecule has 4 rings (SSSR count). The van der Waals surface area contributed by atoms with Crippen molar-refractivity contribution in [1.29, 1.82) is 0 Å². The summed E-state index contributed by atoms with van der Waals surface area (Å²) in [5.41, 5.74) is -0.0864. The van der Waals surface area contributed by atoms with Crippen molar-refractivity contribution in [3.63, 3.8) is 0 Å². The van der Waals surface area contributed by atoms with Crippen LogP contribution in [0.2, 0.25) is 0 Å². The van der Waals surface area contributed by atoms with Crippen LogP contribution in [0.15, 0.2) is 12.4 Å². The zero-order chi connectivity index (χ0) is 21.9. The zero-order valence-electron chi connectivity index (χ0n) is 16.0. The maximum Gasteiger partial charge on any atom is 0.490 e. The van der Waals surface area contributed by atoms with Crippen molar-refractivity contribution >= 4 is 17.8 Å². The van der Waals surface area contributed by atoms with Gasteiger partial charge in [0.1, 0.15) is 0 Å². The third-order valence-corrected chi connectivity index (χ3v) is 5.46. The second-order valence-corrected chi connectivity index (χ2v) is 7.88. The van der Waals surface area contributed by atoms with Crippen molar-refractivity contribution in [2.24, 2.45) is 17.3 Å². The molecule has 3 fully saturated rings. The summed E-state index contributed by atoms with van der Waals surface area (Å²) < 4.78 is 50.4. The van der Waals surface area contributed by atoms with Crippen LogP contribution in [-0.4, -0.2) is 66.0 Å². The summed E-state index contributed by atoms with van der Waals surface area (Å²) in [6, 6.07) is 0. The lowest BCUT2D eigenvalue weighted by Gasteiger charge is -2.27. The molecule has 1 amide bonds. The van der Waals surface area contributed by atoms with Crippen molar-refractivity contribution in [3.05, 3.63) is 18.2 Å². The number of nitrogens with zero attached hydrogens (tertiary/aromatic N) is 3. The molecule has 0 unspecified atom stereocenters. The number of carboxylic acids is 1. The van der Waals surface area contributed by atoms with E-state index in [-0.39, 0.29) is 11.3 Å². The number of carboxylic acid groups (broad SMARTS) is 1. The Bertz CT molecular complexity index is 772. The first kappa shape index (κ1) is 22.2. The number of amides is 1. The highest BCUT2D eigenvalue weighted by atomic mass is 19.4. The molecule has 0 spiro atoms. The van der Waals surface area contributed by atoms with E-state index in [2.05, 4.69) is 20.2 Å². The number of aromatic nitrogens is 2. The predicted molar refractivity (Wildman–Crippen MR) is 95.0 cm³/mol. The quantitative estimate of drug-likeness (QED) is 0.679. The van der Waals surface area contributed by atoms with Crippen LogP contribution in [0.3, 0.4) is 0 Å². The number of ether oxygens (including phenoxy) is 1. The number of hydrogen-bond acceptors (Lipinski definition) is 6. The van der Waals surface area contributed by atoms with Crippen LogP contribution in [0.5, 0.6) is 0 Å². The zero-order valence-corrected chi connectivity index (χ0v) is 16.0. The van der Waals surface area contributed by atoms with Gasteiger partial charge in [-0.1, -0.05) is 0 Å². The van der Waals surface area contributed by atoms with Crippen molar-refractivity contribution in [2.75, 3.05) is 37.7 Å². The number of hydrogen-bond donors (Lipinski definition) is 2. The third kappa shape index (κ3) is 5.55. The van der Waals surface area contributed by atoms with Gasteiger partial charge in [0.25, 0.3) is 0 Å². The first-order valence-electron chi connectivity index (χ1n) is 9.46. The Labute approximate surface area is 169 Å². The summed E-state index contributed by atoms with van der Waals surface area (Å²) in [6.07, 6.45) is 0.306. The Balaban J connectivity index is 0.000000318. The second kappa shape index (κ2) is 8.70. The van der Waals surface area contributed by atoms with E-state index in [9.17, 15) is 22.4 Å². The van der Waals surface area contributed by atoms with Gasteiger partial charge in [-0.15, -0.1) is 0 Å². The molecule has 1 aromatic rings. The highest BCUT2D eigenvalue weighted by Crippen LogP contribution is 2.42. The Morgan fingerprint density at radius 1 is 1.30 bits per heavy atom. The van der Waals surface area contributed by atoms with Gasteiger partial charge in [0, 0.05) is 37.4 Å². The Morgan fingerprint density at radius 3 is 2.50 bits per heavy atom. The Hall–Kier alpha value is -2.50. The molecule has 3 heterocycles. The molecule has 2 N–H and O–H groups in total. The number of halogens is 4. The highest BCUT2D eigenvalue weighted by Gasteiger charge is 2.51. The van der Waals surface area contributed by atoms with Gasteiger partial charge in [-0.2, -0.15) is 13.2 Å². The van der Waals surface area contributed by atoms with Gasteiger partial charge < -0.3 is 20.1 Å². The summed E-state index contributed by atoms with van der Waals surface area (Å²) in [5, 5.41) is 10.2. The molecule has 0 aromatic carbocycles. The first-order valence-corrected chi connectivity index (χ1v) is 9.46. The smallest absolute Gasteiger partial charge is 0.475 e. The summed E-state index contributed by atoms with van der Waals surface area (Å²) in [5.74, 6) is -1.56. The van der Waals surface area contributed by atoms with Gasteiger partial charge >= 0.3 is 12.1 Å². The number of fused-ring (bicyclic) bond motifs is 1. The lowest BCUT2D eigenvalue weighted by Crippen LogP contribution is -2.43. The Morgan fingerprint density at radius 2 is 1.93 bits per heavy atom. The molecule has 1 aliphatic carbocycles. The van der Waals surface area contributed by atoms with Crippen molar-refractivity contribution < 1.29 is 37.0 Å². The van der Waals surface area contributed by atoms with E-state index in [1.807, 2.05) is 0 Å². The molecular formula is C18H22F4N4O4. The van der Waals surface area contributed by atoms with E-state index in [0.717, 1.165) is 13.1 Å². The van der Waals surface area contributed by atoms with E-state index in [0.29, 0.717) is 44.0 Å². The van der Waals surface area contributed by atoms with E-state index in [4.69, 9.17) is 14.6 Å². The van der Waals surface area contributed by atoms with Gasteiger partial charge in [0.15, 0.2) is 5.82 Å². The monoisotopic (exact) mass is 434 g/mol. The topological polar surface area (TPSA) is 105 Å². The van der Waals surface area contributed by atoms with Crippen LogP contribution < -0.4 is 10.2 Å². The maximum absolute atomic E-state index is 13.0. The van der Waals surface area contributed by atoms with E-state index in [1.54, 1.807) is 0 Å². The number of carbonyl (C=O) groups is 2. The van der Waals surface area contributed by atoms with Crippen molar-refractivity contribution in [3.8, 4) is 0 Å². The van der Waals surface area contributed by atoms with E-state index in [1.165, 1.54) is 25.2 Å². The molecule has 2 atom stereocenters. The van der Waals surface area contributed by atoms with Crippen LogP contribution in [0.4, 0.5) is 23.5 Å². The van der Waals surface area contributed by atoms with Crippen LogP contribution in [0.25, 0.3) is 0 Å². The van der Waals surface area contributed by atoms with E-state index < -0.39 is 18.0 Å². The normalized spacial score (nSPS) is 25.3. The summed E-state index contributed by atoms with van der Waals surface area (Å²) in [7, 11) is 0. The molecule has 1 saturated carbocycles. The Kier molecular flexibility index (Phi) is 6.44. The van der Waals surface area contributed by atoms with Gasteiger partial charge in [0.05, 0.1) is 25.6 Å². The largest absolute Gasteiger partial charge is 0.490 e. The molecule has 1 aromatic heterocycles. The molecule has 0 radical (unpaired) electrons. The fourth-order valence-corrected chi connectivity index (χ4v) is 3.63. The molecule has 2 saturated heterocycles. The minimum atomic E-state index is -5.08. The lowest BCUT2D eigenvalue weighted by molar-refractivity contribution is -0.192. The molecular weight excluding hydrogens is 412 g/mol. The third-order valence-electron chi connectivity index (χ3n) is 5.46. The number of rotatable bonds is 5. The minimum Gasteiger partial charge on any atom is -0.475 e. The number of carbonyl (C=O) groups excluding carboxylic acids is 1. The predicted octanol–water partition coefficient (Wildman–Crippen LogP) is 1.62. The fraction of sp³-hybridized carbons (Fsp3) is 0.667. The van der Waals surface area contributed by atoms with Gasteiger partial charge in [-0.05, 0) is 18.8 Å². The number of anilines is 1. The summed E-state index contributed by atoms with van der Waals surface area (Å²) in [6.45, 7) is 3.47. The van der Waals surface area contributed by atoms with Crippen LogP contribution >= 0.6 is 0 Å². The number of alkyl halides is 3. The fourth-order valence-electron chi connectivity index (χ4n) is 3.63. The molecule has 0 bridgehead atoms. The van der Waals surface area contributed by atoms with Crippen LogP contribution in [-0.2, 0) is 14.3 Å². The molecule has 166 valence electrons. The molecule has 2 aliphatic heterocycles. The van der Waals surface area contributed by atoms with Crippen LogP contribution in [0.1, 0.15) is 19.3 Å². The van der Waals surface area contributed by atoms with Gasteiger partial charge in [0.2, 0.25) is 11.9 Å². The van der Waals surface area contributed by atoms with Crippen LogP contribution in [0, 0.1) is 23.1 Å².